The molecule has 1 heterocycles. The molecule has 0 fully saturated rings. The van der Waals surface area contributed by atoms with Crippen LogP contribution in [-0.4, -0.2) is 10.1 Å². The van der Waals surface area contributed by atoms with E-state index < -0.39 is 0 Å². The van der Waals surface area contributed by atoms with Crippen molar-refractivity contribution in [3.05, 3.63) is 53.9 Å². The Hall–Kier alpha value is -2.38. The van der Waals surface area contributed by atoms with Gasteiger partial charge < -0.3 is 9.84 Å². The summed E-state index contributed by atoms with van der Waals surface area (Å²) in [5.74, 6) is 1.21. The van der Waals surface area contributed by atoms with Crippen LogP contribution in [0, 0.1) is 11.3 Å². The minimum absolute atomic E-state index is 0.00805. The first kappa shape index (κ1) is 11.1. The molecule has 1 aromatic heterocycles. The number of nitrogens with zero attached hydrogens (tertiary/aromatic N) is 2. The maximum absolute atomic E-state index is 8.90. The maximum Gasteiger partial charge on any atom is 0.144 e. The van der Waals surface area contributed by atoms with Gasteiger partial charge in [-0.25, -0.2) is 4.98 Å². The van der Waals surface area contributed by atoms with Crippen molar-refractivity contribution in [2.24, 2.45) is 0 Å². The predicted octanol–water partition coefficient (Wildman–Crippen LogP) is 2.24. The van der Waals surface area contributed by atoms with Crippen molar-refractivity contribution in [3.8, 4) is 17.6 Å². The molecule has 0 atom stereocenters. The van der Waals surface area contributed by atoms with Crippen molar-refractivity contribution in [1.29, 1.82) is 5.26 Å². The zero-order valence-corrected chi connectivity index (χ0v) is 9.00. The molecule has 17 heavy (non-hydrogen) atoms. The number of aliphatic hydroxyl groups excluding tert-OH is 1. The summed E-state index contributed by atoms with van der Waals surface area (Å²) in [6.07, 6.45) is 1.52. The summed E-state index contributed by atoms with van der Waals surface area (Å²) in [5, 5.41) is 17.6. The second-order valence-electron chi connectivity index (χ2n) is 3.39. The van der Waals surface area contributed by atoms with Crippen LogP contribution >= 0.6 is 0 Å². The van der Waals surface area contributed by atoms with Gasteiger partial charge in [0.25, 0.3) is 0 Å². The van der Waals surface area contributed by atoms with Crippen molar-refractivity contribution in [2.45, 2.75) is 6.61 Å². The van der Waals surface area contributed by atoms with Crippen LogP contribution in [0.4, 0.5) is 0 Å². The average Bonchev–Trinajstić information content (AvgIpc) is 2.40. The Morgan fingerprint density at radius 2 is 1.94 bits per heavy atom. The molecule has 0 amide bonds. The van der Waals surface area contributed by atoms with E-state index in [4.69, 9.17) is 15.1 Å². The topological polar surface area (TPSA) is 66.1 Å². The van der Waals surface area contributed by atoms with E-state index in [-0.39, 0.29) is 6.61 Å². The number of ether oxygens (including phenoxy) is 1. The van der Waals surface area contributed by atoms with Gasteiger partial charge in [-0.15, -0.1) is 0 Å². The van der Waals surface area contributed by atoms with Gasteiger partial charge in [0.05, 0.1) is 6.61 Å². The molecule has 0 radical (unpaired) electrons. The Morgan fingerprint density at radius 3 is 2.59 bits per heavy atom. The first-order valence-corrected chi connectivity index (χ1v) is 5.05. The fourth-order valence-corrected chi connectivity index (χ4v) is 1.33. The second kappa shape index (κ2) is 5.10. The van der Waals surface area contributed by atoms with E-state index in [2.05, 4.69) is 4.98 Å². The van der Waals surface area contributed by atoms with Crippen LogP contribution in [0.5, 0.6) is 11.5 Å². The van der Waals surface area contributed by atoms with E-state index in [1.54, 1.807) is 36.4 Å². The number of hydrogen-bond donors (Lipinski definition) is 1. The van der Waals surface area contributed by atoms with Crippen LogP contribution in [0.1, 0.15) is 11.3 Å². The zero-order chi connectivity index (χ0) is 12.1. The third-order valence-electron chi connectivity index (χ3n) is 2.19. The van der Waals surface area contributed by atoms with Gasteiger partial charge in [-0.1, -0.05) is 12.1 Å². The molecule has 0 spiro atoms. The largest absolute Gasteiger partial charge is 0.457 e. The monoisotopic (exact) mass is 226 g/mol. The number of benzene rings is 1. The van der Waals surface area contributed by atoms with E-state index in [1.165, 1.54) is 6.20 Å². The number of nitriles is 1. The van der Waals surface area contributed by atoms with Gasteiger partial charge in [0, 0.05) is 12.3 Å². The molecule has 0 aliphatic rings. The normalized spacial score (nSPS) is 9.65. The Labute approximate surface area is 98.7 Å². The summed E-state index contributed by atoms with van der Waals surface area (Å²) in [5.41, 5.74) is 1.14. The highest BCUT2D eigenvalue weighted by molar-refractivity contribution is 5.35. The molecule has 0 saturated heterocycles. The summed E-state index contributed by atoms with van der Waals surface area (Å²) < 4.78 is 5.55. The lowest BCUT2D eigenvalue weighted by molar-refractivity contribution is 0.281. The van der Waals surface area contributed by atoms with E-state index in [1.807, 2.05) is 6.07 Å². The summed E-state index contributed by atoms with van der Waals surface area (Å²) >= 11 is 0. The molecule has 1 N–H and O–H groups in total. The lowest BCUT2D eigenvalue weighted by Gasteiger charge is -2.05. The highest BCUT2D eigenvalue weighted by Crippen LogP contribution is 2.21. The molecule has 0 bridgehead atoms. The minimum atomic E-state index is 0.00805. The molecular formula is C13H10N2O2. The van der Waals surface area contributed by atoms with E-state index >= 15 is 0 Å². The molecule has 0 aliphatic heterocycles. The fourth-order valence-electron chi connectivity index (χ4n) is 1.33. The van der Waals surface area contributed by atoms with Gasteiger partial charge in [-0.2, -0.15) is 5.26 Å². The smallest absolute Gasteiger partial charge is 0.144 e. The zero-order valence-electron chi connectivity index (χ0n) is 9.00. The van der Waals surface area contributed by atoms with Crippen LogP contribution in [0.2, 0.25) is 0 Å². The lowest BCUT2D eigenvalue weighted by atomic mass is 10.2. The number of pyridine rings is 1. The molecule has 2 rings (SSSR count). The number of rotatable bonds is 3. The summed E-state index contributed by atoms with van der Waals surface area (Å²) in [6, 6.07) is 12.3. The van der Waals surface area contributed by atoms with E-state index in [9.17, 15) is 0 Å². The number of aliphatic hydroxyl groups is 1. The molecule has 84 valence electrons. The van der Waals surface area contributed by atoms with Crippen LogP contribution in [-0.2, 0) is 6.61 Å². The van der Waals surface area contributed by atoms with Crippen molar-refractivity contribution in [1.82, 2.24) is 4.98 Å². The number of hydrogen-bond acceptors (Lipinski definition) is 4. The maximum atomic E-state index is 8.90. The molecule has 4 nitrogen and oxygen atoms in total. The first-order valence-electron chi connectivity index (χ1n) is 5.05. The molecule has 0 aliphatic carbocycles. The SMILES string of the molecule is N#Cc1cc(Oc2ccc(CO)cc2)ccn1. The van der Waals surface area contributed by atoms with Crippen LogP contribution in [0.25, 0.3) is 0 Å². The first-order chi connectivity index (χ1) is 8.31. The average molecular weight is 226 g/mol. The van der Waals surface area contributed by atoms with Crippen molar-refractivity contribution >= 4 is 0 Å². The number of aromatic nitrogens is 1. The lowest BCUT2D eigenvalue weighted by Crippen LogP contribution is -1.88. The fraction of sp³-hybridized carbons (Fsp3) is 0.0769. The Kier molecular flexibility index (Phi) is 3.34. The van der Waals surface area contributed by atoms with Gasteiger partial charge >= 0.3 is 0 Å². The van der Waals surface area contributed by atoms with Gasteiger partial charge in [0.15, 0.2) is 0 Å². The van der Waals surface area contributed by atoms with Crippen LogP contribution in [0.15, 0.2) is 42.6 Å². The van der Waals surface area contributed by atoms with Gasteiger partial charge in [-0.05, 0) is 23.8 Å². The standard InChI is InChI=1S/C13H10N2O2/c14-8-11-7-13(5-6-15-11)17-12-3-1-10(9-16)2-4-12/h1-7,16H,9H2. The second-order valence-corrected chi connectivity index (χ2v) is 3.39. The molecule has 4 heteroatoms. The quantitative estimate of drug-likeness (QED) is 0.871. The minimum Gasteiger partial charge on any atom is -0.457 e. The molecular weight excluding hydrogens is 216 g/mol. The van der Waals surface area contributed by atoms with Gasteiger partial charge in [0.1, 0.15) is 23.3 Å². The third-order valence-corrected chi connectivity index (χ3v) is 2.19. The summed E-state index contributed by atoms with van der Waals surface area (Å²) in [4.78, 5) is 3.85. The summed E-state index contributed by atoms with van der Waals surface area (Å²) in [6.45, 7) is 0.00805. The van der Waals surface area contributed by atoms with Crippen LogP contribution < -0.4 is 4.74 Å². The van der Waals surface area contributed by atoms with Crippen molar-refractivity contribution in [3.63, 3.8) is 0 Å². The molecule has 2 aromatic rings. The predicted molar refractivity (Wildman–Crippen MR) is 61.4 cm³/mol. The summed E-state index contributed by atoms with van der Waals surface area (Å²) in [7, 11) is 0. The Morgan fingerprint density at radius 1 is 1.18 bits per heavy atom. The van der Waals surface area contributed by atoms with Crippen molar-refractivity contribution in [2.75, 3.05) is 0 Å². The van der Waals surface area contributed by atoms with Crippen LogP contribution in [0.3, 0.4) is 0 Å². The highest BCUT2D eigenvalue weighted by atomic mass is 16.5. The molecule has 0 unspecified atom stereocenters. The molecule has 0 saturated carbocycles. The van der Waals surface area contributed by atoms with Crippen molar-refractivity contribution < 1.29 is 9.84 Å². The Bertz CT molecular complexity index is 544. The van der Waals surface area contributed by atoms with E-state index in [0.717, 1.165) is 5.56 Å². The van der Waals surface area contributed by atoms with E-state index in [0.29, 0.717) is 17.2 Å². The molecule has 1 aromatic carbocycles. The Balaban J connectivity index is 2.16. The highest BCUT2D eigenvalue weighted by Gasteiger charge is 1.99. The van der Waals surface area contributed by atoms with Gasteiger partial charge in [-0.3, -0.25) is 0 Å². The van der Waals surface area contributed by atoms with Gasteiger partial charge in [0.2, 0.25) is 0 Å². The third kappa shape index (κ3) is 2.80.